The van der Waals surface area contributed by atoms with Crippen LogP contribution < -0.4 is 0 Å². The van der Waals surface area contributed by atoms with Gasteiger partial charge in [-0.2, -0.15) is 0 Å². The molecule has 1 unspecified atom stereocenters. The molecule has 0 aromatic heterocycles. The molecule has 1 aliphatic rings. The van der Waals surface area contributed by atoms with Gasteiger partial charge in [0, 0.05) is 5.92 Å². The molecule has 0 heterocycles. The summed E-state index contributed by atoms with van der Waals surface area (Å²) in [6.07, 6.45) is 4.40. The first kappa shape index (κ1) is 14.6. The van der Waals surface area contributed by atoms with E-state index in [1.807, 2.05) is 26.8 Å². The molecule has 0 saturated heterocycles. The molecule has 1 fully saturated rings. The molecule has 1 aromatic carbocycles. The van der Waals surface area contributed by atoms with Gasteiger partial charge >= 0.3 is 0 Å². The van der Waals surface area contributed by atoms with Crippen LogP contribution in [0.4, 0.5) is 0 Å². The van der Waals surface area contributed by atoms with Gasteiger partial charge in [0.2, 0.25) is 0 Å². The van der Waals surface area contributed by atoms with Crippen molar-refractivity contribution in [2.45, 2.75) is 51.2 Å². The maximum absolute atomic E-state index is 12.1. The van der Waals surface area contributed by atoms with Crippen LogP contribution in [0.1, 0.15) is 45.6 Å². The fourth-order valence-corrected chi connectivity index (χ4v) is 3.11. The van der Waals surface area contributed by atoms with Gasteiger partial charge < -0.3 is 4.55 Å². The van der Waals surface area contributed by atoms with Crippen LogP contribution in [-0.4, -0.2) is 15.0 Å². The second kappa shape index (κ2) is 6.10. The van der Waals surface area contributed by atoms with E-state index in [0.717, 1.165) is 18.6 Å². The molecule has 0 radical (unpaired) electrons. The van der Waals surface area contributed by atoms with Crippen LogP contribution in [0, 0.1) is 5.92 Å². The summed E-state index contributed by atoms with van der Waals surface area (Å²) in [6, 6.07) is 10.5. The van der Waals surface area contributed by atoms with Crippen LogP contribution in [-0.2, 0) is 17.8 Å². The van der Waals surface area contributed by atoms with Crippen molar-refractivity contribution >= 4 is 17.1 Å². The molecule has 1 aliphatic carbocycles. The highest BCUT2D eigenvalue weighted by Crippen LogP contribution is 2.29. The Balaban J connectivity index is 2.07. The topological polar surface area (TPSA) is 35.4 Å². The smallest absolute Gasteiger partial charge is 0.144 e. The molecular formula is C16H23NOS. The summed E-state index contributed by atoms with van der Waals surface area (Å²) >= 11 is -1.12. The monoisotopic (exact) mass is 277 g/mol. The zero-order valence-corrected chi connectivity index (χ0v) is 12.9. The maximum Gasteiger partial charge on any atom is 0.144 e. The number of hydrogen-bond donors (Lipinski definition) is 0. The minimum Gasteiger partial charge on any atom is -0.591 e. The van der Waals surface area contributed by atoms with E-state index in [1.54, 1.807) is 0 Å². The standard InChI is InChI=1S/C16H23NOS/c1-16(2,3)19(18)17-15-11-7-10-14(15)12-13-8-5-4-6-9-13/h4-6,8-9,14H,7,10-12H2,1-3H3/b17-15+/t14-,19?/m1/s1. The van der Waals surface area contributed by atoms with Crippen molar-refractivity contribution in [2.24, 2.45) is 10.3 Å². The van der Waals surface area contributed by atoms with Crippen molar-refractivity contribution in [1.29, 1.82) is 0 Å². The fourth-order valence-electron chi connectivity index (χ4n) is 2.38. The molecule has 3 heteroatoms. The van der Waals surface area contributed by atoms with Crippen LogP contribution in [0.25, 0.3) is 0 Å². The maximum atomic E-state index is 12.1. The Morgan fingerprint density at radius 1 is 1.26 bits per heavy atom. The van der Waals surface area contributed by atoms with Crippen molar-refractivity contribution in [3.63, 3.8) is 0 Å². The lowest BCUT2D eigenvalue weighted by Crippen LogP contribution is -2.27. The quantitative estimate of drug-likeness (QED) is 0.771. The predicted octanol–water partition coefficient (Wildman–Crippen LogP) is 3.93. The predicted molar refractivity (Wildman–Crippen MR) is 82.8 cm³/mol. The van der Waals surface area contributed by atoms with Crippen molar-refractivity contribution in [1.82, 2.24) is 0 Å². The Bertz CT molecular complexity index is 436. The Morgan fingerprint density at radius 3 is 2.58 bits per heavy atom. The van der Waals surface area contributed by atoms with Gasteiger partial charge in [-0.25, -0.2) is 0 Å². The van der Waals surface area contributed by atoms with E-state index < -0.39 is 11.4 Å². The largest absolute Gasteiger partial charge is 0.591 e. The summed E-state index contributed by atoms with van der Waals surface area (Å²) < 4.78 is 16.4. The van der Waals surface area contributed by atoms with E-state index in [0.29, 0.717) is 5.92 Å². The van der Waals surface area contributed by atoms with E-state index >= 15 is 0 Å². The number of hydrogen-bond acceptors (Lipinski definition) is 2. The molecule has 0 aliphatic heterocycles. The molecule has 0 amide bonds. The molecule has 2 atom stereocenters. The second-order valence-corrected chi connectivity index (χ2v) is 8.13. The summed E-state index contributed by atoms with van der Waals surface area (Å²) in [5.74, 6) is 0.480. The van der Waals surface area contributed by atoms with E-state index in [2.05, 4.69) is 28.7 Å². The first-order valence-corrected chi connectivity index (χ1v) is 8.11. The number of benzene rings is 1. The van der Waals surface area contributed by atoms with Gasteiger partial charge in [0.15, 0.2) is 0 Å². The van der Waals surface area contributed by atoms with Gasteiger partial charge in [0.1, 0.15) is 16.1 Å². The van der Waals surface area contributed by atoms with Crippen molar-refractivity contribution in [2.75, 3.05) is 0 Å². The Hall–Kier alpha value is -0.800. The number of nitrogens with zero attached hydrogens (tertiary/aromatic N) is 1. The first-order chi connectivity index (χ1) is 8.97. The average Bonchev–Trinajstić information content (AvgIpc) is 2.77. The molecule has 0 N–H and O–H groups in total. The van der Waals surface area contributed by atoms with Gasteiger partial charge in [-0.05, 0) is 52.0 Å². The molecule has 19 heavy (non-hydrogen) atoms. The first-order valence-electron chi connectivity index (χ1n) is 7.00. The lowest BCUT2D eigenvalue weighted by atomic mass is 9.97. The molecular weight excluding hydrogens is 254 g/mol. The van der Waals surface area contributed by atoms with Crippen LogP contribution in [0.2, 0.25) is 0 Å². The van der Waals surface area contributed by atoms with Crippen LogP contribution in [0.15, 0.2) is 34.7 Å². The van der Waals surface area contributed by atoms with Crippen LogP contribution in [0.5, 0.6) is 0 Å². The fraction of sp³-hybridized carbons (Fsp3) is 0.562. The van der Waals surface area contributed by atoms with E-state index in [-0.39, 0.29) is 4.75 Å². The van der Waals surface area contributed by atoms with E-state index in [1.165, 1.54) is 18.4 Å². The zero-order valence-electron chi connectivity index (χ0n) is 12.1. The lowest BCUT2D eigenvalue weighted by molar-refractivity contribution is 0.560. The third-order valence-electron chi connectivity index (χ3n) is 3.51. The molecule has 104 valence electrons. The summed E-state index contributed by atoms with van der Waals surface area (Å²) in [4.78, 5) is 0. The SMILES string of the molecule is CC(C)(C)[S+]([O-])/N=C1\CCC[C@@H]1Cc1ccccc1. The van der Waals surface area contributed by atoms with Crippen LogP contribution >= 0.6 is 0 Å². The van der Waals surface area contributed by atoms with Crippen molar-refractivity contribution in [3.05, 3.63) is 35.9 Å². The third-order valence-corrected chi connectivity index (χ3v) is 4.95. The molecule has 1 aromatic rings. The summed E-state index contributed by atoms with van der Waals surface area (Å²) in [5, 5.41) is 0. The minimum absolute atomic E-state index is 0.257. The molecule has 0 spiro atoms. The van der Waals surface area contributed by atoms with E-state index in [9.17, 15) is 4.55 Å². The average molecular weight is 277 g/mol. The Morgan fingerprint density at radius 2 is 1.95 bits per heavy atom. The second-order valence-electron chi connectivity index (χ2n) is 6.22. The molecule has 2 rings (SSSR count). The molecule has 2 nitrogen and oxygen atoms in total. The normalized spacial score (nSPS) is 23.8. The van der Waals surface area contributed by atoms with Gasteiger partial charge in [-0.1, -0.05) is 34.7 Å². The van der Waals surface area contributed by atoms with Gasteiger partial charge in [-0.3, -0.25) is 0 Å². The lowest BCUT2D eigenvalue weighted by Gasteiger charge is -2.20. The minimum atomic E-state index is -1.12. The van der Waals surface area contributed by atoms with Crippen molar-refractivity contribution in [3.8, 4) is 0 Å². The molecule has 0 bridgehead atoms. The Labute approximate surface area is 119 Å². The summed E-state index contributed by atoms with van der Waals surface area (Å²) in [5.41, 5.74) is 2.51. The highest BCUT2D eigenvalue weighted by atomic mass is 32.2. The van der Waals surface area contributed by atoms with Gasteiger partial charge in [0.25, 0.3) is 0 Å². The van der Waals surface area contributed by atoms with Crippen LogP contribution in [0.3, 0.4) is 0 Å². The summed E-state index contributed by atoms with van der Waals surface area (Å²) in [7, 11) is 0. The van der Waals surface area contributed by atoms with E-state index in [4.69, 9.17) is 0 Å². The number of rotatable bonds is 3. The van der Waals surface area contributed by atoms with Crippen molar-refractivity contribution < 1.29 is 4.55 Å². The zero-order chi connectivity index (χ0) is 13.9. The Kier molecular flexibility index (Phi) is 4.69. The highest BCUT2D eigenvalue weighted by Gasteiger charge is 2.31. The van der Waals surface area contributed by atoms with Gasteiger partial charge in [-0.15, -0.1) is 0 Å². The molecule has 1 saturated carbocycles. The summed E-state index contributed by atoms with van der Waals surface area (Å²) in [6.45, 7) is 5.94. The highest BCUT2D eigenvalue weighted by molar-refractivity contribution is 7.91. The van der Waals surface area contributed by atoms with Gasteiger partial charge in [0.05, 0.1) is 5.71 Å². The third kappa shape index (κ3) is 4.08.